The number of rotatable bonds is 5. The molecule has 5 nitrogen and oxygen atoms in total. The molecule has 3 saturated carbocycles. The highest BCUT2D eigenvalue weighted by molar-refractivity contribution is 5.86. The SMILES string of the molecule is COC1(C(C)=O)CCC2C3CC=C4CC(O)(OCc5ccc(O)cc5)CCC4(C)C3CCC21C. The molecular formula is C29H40O5. The first kappa shape index (κ1) is 24.0. The predicted octanol–water partition coefficient (Wildman–Crippen LogP) is 5.53. The van der Waals surface area contributed by atoms with Crippen LogP contribution in [0, 0.1) is 28.6 Å². The maximum absolute atomic E-state index is 12.8. The topological polar surface area (TPSA) is 76.0 Å². The number of carbonyl (C=O) groups excluding carboxylic acids is 1. The summed E-state index contributed by atoms with van der Waals surface area (Å²) in [6.07, 6.45) is 9.53. The van der Waals surface area contributed by atoms with Gasteiger partial charge < -0.3 is 19.7 Å². The van der Waals surface area contributed by atoms with Crippen molar-refractivity contribution in [1.29, 1.82) is 0 Å². The van der Waals surface area contributed by atoms with E-state index >= 15 is 0 Å². The van der Waals surface area contributed by atoms with Crippen LogP contribution in [-0.4, -0.2) is 34.5 Å². The normalized spacial score (nSPS) is 43.4. The molecule has 0 bridgehead atoms. The van der Waals surface area contributed by atoms with Crippen molar-refractivity contribution in [1.82, 2.24) is 0 Å². The van der Waals surface area contributed by atoms with Crippen molar-refractivity contribution in [3.63, 3.8) is 0 Å². The number of ether oxygens (including phenoxy) is 2. The summed E-state index contributed by atoms with van der Waals surface area (Å²) in [4.78, 5) is 12.8. The minimum Gasteiger partial charge on any atom is -0.508 e. The number of Topliss-reactive ketones (excluding diaryl/α,β-unsaturated/α-hetero) is 1. The van der Waals surface area contributed by atoms with Gasteiger partial charge in [0.2, 0.25) is 0 Å². The number of fused-ring (bicyclic) bond motifs is 5. The van der Waals surface area contributed by atoms with Crippen molar-refractivity contribution in [2.75, 3.05) is 7.11 Å². The van der Waals surface area contributed by atoms with Gasteiger partial charge in [-0.2, -0.15) is 0 Å². The summed E-state index contributed by atoms with van der Waals surface area (Å²) in [6.45, 7) is 6.76. The highest BCUT2D eigenvalue weighted by Gasteiger charge is 2.66. The van der Waals surface area contributed by atoms with E-state index in [1.807, 2.05) is 12.1 Å². The van der Waals surface area contributed by atoms with Crippen molar-refractivity contribution in [3.05, 3.63) is 41.5 Å². The number of allylic oxidation sites excluding steroid dienone is 1. The maximum atomic E-state index is 12.8. The van der Waals surface area contributed by atoms with E-state index in [4.69, 9.17) is 9.47 Å². The molecule has 0 amide bonds. The number of methoxy groups -OCH3 is 1. The minimum atomic E-state index is -1.15. The Morgan fingerprint density at radius 3 is 2.44 bits per heavy atom. The van der Waals surface area contributed by atoms with Gasteiger partial charge in [-0.1, -0.05) is 37.6 Å². The zero-order valence-corrected chi connectivity index (χ0v) is 21.1. The van der Waals surface area contributed by atoms with Crippen LogP contribution < -0.4 is 0 Å². The fourth-order valence-corrected chi connectivity index (χ4v) is 8.61. The van der Waals surface area contributed by atoms with Crippen LogP contribution in [0.2, 0.25) is 0 Å². The maximum Gasteiger partial charge on any atom is 0.169 e. The Kier molecular flexibility index (Phi) is 5.78. The summed E-state index contributed by atoms with van der Waals surface area (Å²) in [5.41, 5.74) is 1.63. The molecule has 1 aromatic carbocycles. The molecule has 7 unspecified atom stereocenters. The van der Waals surface area contributed by atoms with Gasteiger partial charge in [-0.3, -0.25) is 4.79 Å². The van der Waals surface area contributed by atoms with Gasteiger partial charge in [-0.05, 0) is 86.3 Å². The van der Waals surface area contributed by atoms with E-state index in [9.17, 15) is 15.0 Å². The summed E-state index contributed by atoms with van der Waals surface area (Å²) in [7, 11) is 1.72. The van der Waals surface area contributed by atoms with Crippen LogP contribution >= 0.6 is 0 Å². The van der Waals surface area contributed by atoms with Gasteiger partial charge in [0.15, 0.2) is 11.6 Å². The summed E-state index contributed by atoms with van der Waals surface area (Å²) in [5, 5.41) is 20.8. The van der Waals surface area contributed by atoms with E-state index in [-0.39, 0.29) is 22.4 Å². The fourth-order valence-electron chi connectivity index (χ4n) is 8.61. The van der Waals surface area contributed by atoms with Gasteiger partial charge in [-0.15, -0.1) is 0 Å². The van der Waals surface area contributed by atoms with Crippen LogP contribution in [0.5, 0.6) is 5.75 Å². The molecule has 0 spiro atoms. The Labute approximate surface area is 203 Å². The smallest absolute Gasteiger partial charge is 0.169 e. The van der Waals surface area contributed by atoms with Crippen molar-refractivity contribution in [2.24, 2.45) is 28.6 Å². The molecular weight excluding hydrogens is 428 g/mol. The molecule has 5 rings (SSSR count). The van der Waals surface area contributed by atoms with Gasteiger partial charge in [-0.25, -0.2) is 0 Å². The van der Waals surface area contributed by atoms with Crippen LogP contribution in [0.3, 0.4) is 0 Å². The number of aromatic hydroxyl groups is 1. The number of phenolic OH excluding ortho intramolecular Hbond substituents is 1. The second-order valence-corrected chi connectivity index (χ2v) is 11.9. The van der Waals surface area contributed by atoms with E-state index in [0.717, 1.165) is 44.1 Å². The van der Waals surface area contributed by atoms with Gasteiger partial charge in [0.25, 0.3) is 0 Å². The first-order chi connectivity index (χ1) is 16.1. The lowest BCUT2D eigenvalue weighted by molar-refractivity contribution is -0.232. The lowest BCUT2D eigenvalue weighted by Crippen LogP contribution is -2.58. The summed E-state index contributed by atoms with van der Waals surface area (Å²) in [5.74, 6) is 0.905. The number of ketones is 1. The molecule has 0 heterocycles. The predicted molar refractivity (Wildman–Crippen MR) is 130 cm³/mol. The largest absolute Gasteiger partial charge is 0.508 e. The summed E-state index contributed by atoms with van der Waals surface area (Å²) < 4.78 is 12.1. The molecule has 0 aliphatic heterocycles. The van der Waals surface area contributed by atoms with Gasteiger partial charge in [0, 0.05) is 25.4 Å². The monoisotopic (exact) mass is 468 g/mol. The third kappa shape index (κ3) is 3.42. The third-order valence-electron chi connectivity index (χ3n) is 10.6. The first-order valence-corrected chi connectivity index (χ1v) is 13.0. The van der Waals surface area contributed by atoms with Gasteiger partial charge in [0.1, 0.15) is 11.4 Å². The van der Waals surface area contributed by atoms with Crippen LogP contribution in [0.25, 0.3) is 0 Å². The number of benzene rings is 1. The van der Waals surface area contributed by atoms with Crippen LogP contribution in [0.1, 0.15) is 77.7 Å². The Morgan fingerprint density at radius 1 is 1.06 bits per heavy atom. The molecule has 0 aromatic heterocycles. The summed E-state index contributed by atoms with van der Waals surface area (Å²) in [6, 6.07) is 6.96. The molecule has 2 N–H and O–H groups in total. The molecule has 5 heteroatoms. The average molecular weight is 469 g/mol. The molecule has 186 valence electrons. The number of hydrogen-bond donors (Lipinski definition) is 2. The minimum absolute atomic E-state index is 0.0763. The first-order valence-electron chi connectivity index (χ1n) is 13.0. The van der Waals surface area contributed by atoms with Gasteiger partial charge >= 0.3 is 0 Å². The quantitative estimate of drug-likeness (QED) is 0.439. The zero-order valence-electron chi connectivity index (χ0n) is 21.1. The lowest BCUT2D eigenvalue weighted by atomic mass is 9.46. The molecule has 34 heavy (non-hydrogen) atoms. The van der Waals surface area contributed by atoms with Crippen molar-refractivity contribution >= 4 is 5.78 Å². The third-order valence-corrected chi connectivity index (χ3v) is 10.6. The Balaban J connectivity index is 1.35. The Hall–Kier alpha value is -1.69. The number of carbonyl (C=O) groups is 1. The number of phenols is 1. The molecule has 0 radical (unpaired) electrons. The molecule has 7 atom stereocenters. The standard InChI is InChI=1S/C29H40O5/c1-19(30)29(33-4)14-12-25-23-10-7-21-17-28(32,34-18-20-5-8-22(31)9-6-20)16-15-26(21,2)24(23)11-13-27(25,29)3/h5-9,23-25,31-32H,10-18H2,1-4H3. The number of hydrogen-bond acceptors (Lipinski definition) is 5. The molecule has 3 fully saturated rings. The average Bonchev–Trinajstić information content (AvgIpc) is 3.13. The van der Waals surface area contributed by atoms with E-state index in [1.54, 1.807) is 26.2 Å². The van der Waals surface area contributed by atoms with Gasteiger partial charge in [0.05, 0.1) is 6.61 Å². The second kappa shape index (κ2) is 8.18. The van der Waals surface area contributed by atoms with E-state index in [1.165, 1.54) is 5.57 Å². The molecule has 0 saturated heterocycles. The lowest BCUT2D eigenvalue weighted by Gasteiger charge is -2.59. The van der Waals surface area contributed by atoms with E-state index in [2.05, 4.69) is 19.9 Å². The molecule has 4 aliphatic rings. The van der Waals surface area contributed by atoms with E-state index in [0.29, 0.717) is 37.2 Å². The fraction of sp³-hybridized carbons (Fsp3) is 0.690. The second-order valence-electron chi connectivity index (χ2n) is 11.9. The molecule has 4 aliphatic carbocycles. The van der Waals surface area contributed by atoms with Crippen LogP contribution in [0.15, 0.2) is 35.9 Å². The highest BCUT2D eigenvalue weighted by Crippen LogP contribution is 2.68. The van der Waals surface area contributed by atoms with Crippen LogP contribution in [0.4, 0.5) is 0 Å². The summed E-state index contributed by atoms with van der Waals surface area (Å²) >= 11 is 0. The Morgan fingerprint density at radius 2 is 1.76 bits per heavy atom. The van der Waals surface area contributed by atoms with Crippen molar-refractivity contribution in [3.8, 4) is 5.75 Å². The van der Waals surface area contributed by atoms with Crippen LogP contribution in [-0.2, 0) is 20.9 Å². The Bertz CT molecular complexity index is 985. The number of aliphatic hydroxyl groups is 1. The zero-order chi connectivity index (χ0) is 24.4. The van der Waals surface area contributed by atoms with Crippen molar-refractivity contribution in [2.45, 2.75) is 90.1 Å². The van der Waals surface area contributed by atoms with E-state index < -0.39 is 11.4 Å². The van der Waals surface area contributed by atoms with Crippen molar-refractivity contribution < 1.29 is 24.5 Å². The molecule has 1 aromatic rings. The highest BCUT2D eigenvalue weighted by atomic mass is 16.6.